The highest BCUT2D eigenvalue weighted by molar-refractivity contribution is 7.14. The maximum atomic E-state index is 10.8. The zero-order valence-electron chi connectivity index (χ0n) is 10.6. The molecule has 0 unspecified atom stereocenters. The topological polar surface area (TPSA) is 50.2 Å². The average molecular weight is 281 g/mol. The van der Waals surface area contributed by atoms with Gasteiger partial charge in [0.15, 0.2) is 0 Å². The Kier molecular flexibility index (Phi) is 3.54. The van der Waals surface area contributed by atoms with Crippen LogP contribution in [0.5, 0.6) is 0 Å². The molecule has 5 heteroatoms. The van der Waals surface area contributed by atoms with Crippen LogP contribution >= 0.6 is 22.7 Å². The van der Waals surface area contributed by atoms with Gasteiger partial charge in [-0.1, -0.05) is 20.8 Å². The first-order chi connectivity index (χ1) is 8.35. The lowest BCUT2D eigenvalue weighted by Crippen LogP contribution is -2.08. The van der Waals surface area contributed by atoms with Crippen LogP contribution in [0.25, 0.3) is 10.6 Å². The highest BCUT2D eigenvalue weighted by atomic mass is 32.1. The fourth-order valence-corrected chi connectivity index (χ4v) is 3.55. The Morgan fingerprint density at radius 1 is 1.33 bits per heavy atom. The highest BCUT2D eigenvalue weighted by Crippen LogP contribution is 2.30. The third kappa shape index (κ3) is 3.17. The van der Waals surface area contributed by atoms with E-state index in [9.17, 15) is 4.79 Å². The number of thiazole rings is 1. The highest BCUT2D eigenvalue weighted by Gasteiger charge is 2.15. The fraction of sp³-hybridized carbons (Fsp3) is 0.385. The molecule has 2 rings (SSSR count). The van der Waals surface area contributed by atoms with Crippen LogP contribution in [-0.2, 0) is 6.42 Å². The van der Waals surface area contributed by atoms with Gasteiger partial charge in [0.25, 0.3) is 0 Å². The van der Waals surface area contributed by atoms with Gasteiger partial charge in [0.2, 0.25) is 0 Å². The first-order valence-corrected chi connectivity index (χ1v) is 7.38. The van der Waals surface area contributed by atoms with Gasteiger partial charge in [0, 0.05) is 17.2 Å². The lowest BCUT2D eigenvalue weighted by Gasteiger charge is -2.15. The normalized spacial score (nSPS) is 11.7. The minimum Gasteiger partial charge on any atom is -0.478 e. The first-order valence-electron chi connectivity index (χ1n) is 5.62. The van der Waals surface area contributed by atoms with Gasteiger partial charge in [-0.25, -0.2) is 9.78 Å². The van der Waals surface area contributed by atoms with Crippen molar-refractivity contribution in [2.75, 3.05) is 0 Å². The van der Waals surface area contributed by atoms with Crippen LogP contribution in [0.1, 0.15) is 36.1 Å². The van der Waals surface area contributed by atoms with Crippen LogP contribution in [0.3, 0.4) is 0 Å². The summed E-state index contributed by atoms with van der Waals surface area (Å²) in [6.45, 7) is 6.55. The van der Waals surface area contributed by atoms with Crippen LogP contribution in [0, 0.1) is 5.41 Å². The van der Waals surface area contributed by atoms with Gasteiger partial charge in [0.05, 0.1) is 21.1 Å². The van der Waals surface area contributed by atoms with Crippen molar-refractivity contribution in [1.82, 2.24) is 4.98 Å². The summed E-state index contributed by atoms with van der Waals surface area (Å²) in [6, 6.07) is 1.68. The Hall–Kier alpha value is -1.20. The van der Waals surface area contributed by atoms with Gasteiger partial charge < -0.3 is 5.11 Å². The molecule has 0 aliphatic carbocycles. The van der Waals surface area contributed by atoms with Crippen molar-refractivity contribution in [1.29, 1.82) is 0 Å². The van der Waals surface area contributed by atoms with E-state index in [-0.39, 0.29) is 5.41 Å². The molecule has 2 heterocycles. The lowest BCUT2D eigenvalue weighted by molar-refractivity contribution is 0.0697. The SMILES string of the molecule is CC(C)(C)Cc1nc(-c2cc(C(=O)O)cs2)cs1. The summed E-state index contributed by atoms with van der Waals surface area (Å²) in [7, 11) is 0. The van der Waals surface area contributed by atoms with Gasteiger partial charge in [-0.3, -0.25) is 0 Å². The average Bonchev–Trinajstić information content (AvgIpc) is 2.81. The number of nitrogens with zero attached hydrogens (tertiary/aromatic N) is 1. The summed E-state index contributed by atoms with van der Waals surface area (Å²) < 4.78 is 0. The van der Waals surface area contributed by atoms with E-state index in [0.717, 1.165) is 22.0 Å². The summed E-state index contributed by atoms with van der Waals surface area (Å²) in [6.07, 6.45) is 0.939. The number of carboxylic acids is 1. The standard InChI is InChI=1S/C13H15NO2S2/c1-13(2,3)5-11-14-9(7-18-11)10-4-8(6-17-10)12(15)16/h4,6-7H,5H2,1-3H3,(H,15,16). The van der Waals surface area contributed by atoms with E-state index in [0.29, 0.717) is 5.56 Å². The van der Waals surface area contributed by atoms with Crippen molar-refractivity contribution in [3.63, 3.8) is 0 Å². The number of hydrogen-bond donors (Lipinski definition) is 1. The summed E-state index contributed by atoms with van der Waals surface area (Å²) >= 11 is 3.06. The van der Waals surface area contributed by atoms with Crippen molar-refractivity contribution in [3.8, 4) is 10.6 Å². The summed E-state index contributed by atoms with van der Waals surface area (Å²) in [5.74, 6) is -0.886. The maximum absolute atomic E-state index is 10.8. The van der Waals surface area contributed by atoms with Crippen molar-refractivity contribution >= 4 is 28.6 Å². The Morgan fingerprint density at radius 3 is 2.61 bits per heavy atom. The molecule has 0 amide bonds. The molecule has 96 valence electrons. The van der Waals surface area contributed by atoms with Gasteiger partial charge in [-0.15, -0.1) is 22.7 Å². The molecule has 2 aromatic rings. The van der Waals surface area contributed by atoms with E-state index in [1.807, 2.05) is 5.38 Å². The predicted molar refractivity (Wildman–Crippen MR) is 75.5 cm³/mol. The third-order valence-electron chi connectivity index (χ3n) is 2.33. The molecule has 3 nitrogen and oxygen atoms in total. The monoisotopic (exact) mass is 281 g/mol. The van der Waals surface area contributed by atoms with E-state index >= 15 is 0 Å². The van der Waals surface area contributed by atoms with E-state index in [2.05, 4.69) is 25.8 Å². The van der Waals surface area contributed by atoms with Gasteiger partial charge in [0.1, 0.15) is 0 Å². The molecule has 1 N–H and O–H groups in total. The van der Waals surface area contributed by atoms with Gasteiger partial charge in [-0.2, -0.15) is 0 Å². The predicted octanol–water partition coefficient (Wildman–Crippen LogP) is 4.16. The second-order valence-corrected chi connectivity index (χ2v) is 7.22. The lowest BCUT2D eigenvalue weighted by atomic mass is 9.93. The van der Waals surface area contributed by atoms with Crippen molar-refractivity contribution < 1.29 is 9.90 Å². The molecular weight excluding hydrogens is 266 g/mol. The minimum absolute atomic E-state index is 0.219. The number of hydrogen-bond acceptors (Lipinski definition) is 4. The van der Waals surface area contributed by atoms with E-state index in [4.69, 9.17) is 5.11 Å². The fourth-order valence-electron chi connectivity index (χ4n) is 1.54. The van der Waals surface area contributed by atoms with Gasteiger partial charge in [-0.05, 0) is 11.5 Å². The smallest absolute Gasteiger partial charge is 0.336 e. The van der Waals surface area contributed by atoms with Gasteiger partial charge >= 0.3 is 5.97 Å². The molecule has 0 aliphatic heterocycles. The summed E-state index contributed by atoms with van der Waals surface area (Å²) in [5.41, 5.74) is 1.44. The Labute approximate surface area is 114 Å². The number of rotatable bonds is 3. The number of carbonyl (C=O) groups is 1. The second-order valence-electron chi connectivity index (χ2n) is 5.37. The van der Waals surface area contributed by atoms with E-state index < -0.39 is 5.97 Å². The van der Waals surface area contributed by atoms with Crippen LogP contribution in [0.2, 0.25) is 0 Å². The molecule has 0 aliphatic rings. The molecule has 0 bridgehead atoms. The Balaban J connectivity index is 2.21. The van der Waals surface area contributed by atoms with Crippen molar-refractivity contribution in [3.05, 3.63) is 27.4 Å². The molecule has 0 saturated carbocycles. The zero-order chi connectivity index (χ0) is 13.3. The molecule has 18 heavy (non-hydrogen) atoms. The third-order valence-corrected chi connectivity index (χ3v) is 4.13. The quantitative estimate of drug-likeness (QED) is 0.919. The molecule has 0 spiro atoms. The number of thiophene rings is 1. The van der Waals surface area contributed by atoms with Crippen molar-refractivity contribution in [2.45, 2.75) is 27.2 Å². The van der Waals surface area contributed by atoms with Crippen molar-refractivity contribution in [2.24, 2.45) is 5.41 Å². The number of carboxylic acid groups (broad SMARTS) is 1. The molecular formula is C13H15NO2S2. The van der Waals surface area contributed by atoms with Crippen LogP contribution in [-0.4, -0.2) is 16.1 Å². The molecule has 0 aromatic carbocycles. The minimum atomic E-state index is -0.886. The Morgan fingerprint density at radius 2 is 2.06 bits per heavy atom. The number of aromatic nitrogens is 1. The molecule has 0 saturated heterocycles. The zero-order valence-corrected chi connectivity index (χ0v) is 12.2. The van der Waals surface area contributed by atoms with Crippen LogP contribution in [0.15, 0.2) is 16.8 Å². The first kappa shape index (κ1) is 13.2. The van der Waals surface area contributed by atoms with Crippen LogP contribution < -0.4 is 0 Å². The molecule has 0 fully saturated rings. The largest absolute Gasteiger partial charge is 0.478 e. The van der Waals surface area contributed by atoms with Crippen LogP contribution in [0.4, 0.5) is 0 Å². The second kappa shape index (κ2) is 4.82. The maximum Gasteiger partial charge on any atom is 0.336 e. The molecule has 0 atom stereocenters. The van der Waals surface area contributed by atoms with E-state index in [1.54, 1.807) is 22.8 Å². The molecule has 2 aromatic heterocycles. The molecule has 0 radical (unpaired) electrons. The Bertz CT molecular complexity index is 564. The summed E-state index contributed by atoms with van der Waals surface area (Å²) in [5, 5.41) is 13.6. The summed E-state index contributed by atoms with van der Waals surface area (Å²) in [4.78, 5) is 16.3. The number of aromatic carboxylic acids is 1. The van der Waals surface area contributed by atoms with E-state index in [1.165, 1.54) is 11.3 Å².